The molecular formula is C11H10O2S. The maximum Gasteiger partial charge on any atom is 0.328 e. The van der Waals surface area contributed by atoms with E-state index in [1.165, 1.54) is 17.8 Å². The second kappa shape index (κ2) is 8.04. The van der Waals surface area contributed by atoms with Gasteiger partial charge in [0.25, 0.3) is 0 Å². The zero-order valence-corrected chi connectivity index (χ0v) is 8.81. The van der Waals surface area contributed by atoms with Crippen molar-refractivity contribution in [3.63, 3.8) is 0 Å². The molecule has 0 spiro atoms. The summed E-state index contributed by atoms with van der Waals surface area (Å²) in [7, 11) is 0. The highest BCUT2D eigenvalue weighted by Gasteiger charge is 1.83. The van der Waals surface area contributed by atoms with Crippen molar-refractivity contribution in [3.8, 4) is 23.7 Å². The molecule has 72 valence electrons. The lowest BCUT2D eigenvalue weighted by atomic mass is 10.4. The van der Waals surface area contributed by atoms with E-state index in [0.29, 0.717) is 0 Å². The van der Waals surface area contributed by atoms with Crippen molar-refractivity contribution in [2.24, 2.45) is 0 Å². The zero-order chi connectivity index (χ0) is 10.8. The highest BCUT2D eigenvalue weighted by molar-refractivity contribution is 8.02. The molecule has 0 aromatic carbocycles. The number of aliphatic carboxylic acids is 1. The molecule has 1 N–H and O–H groups in total. The molecule has 0 saturated carbocycles. The standard InChI is InChI=1S/C11H10O2S/c1-3-7-10(14-2)8-5-4-6-9-11(12)13/h6,8-9H,1-2H3,(H,12,13). The van der Waals surface area contributed by atoms with Gasteiger partial charge in [-0.1, -0.05) is 17.8 Å². The number of hydrogen-bond donors (Lipinski definition) is 1. The average Bonchev–Trinajstić information content (AvgIpc) is 2.15. The molecule has 0 aliphatic carbocycles. The van der Waals surface area contributed by atoms with Crippen molar-refractivity contribution < 1.29 is 9.90 Å². The maximum atomic E-state index is 10.1. The van der Waals surface area contributed by atoms with Gasteiger partial charge in [-0.05, 0) is 19.3 Å². The molecule has 0 rings (SSSR count). The van der Waals surface area contributed by atoms with Crippen LogP contribution >= 0.6 is 11.8 Å². The second-order valence-electron chi connectivity index (χ2n) is 2.05. The lowest BCUT2D eigenvalue weighted by molar-refractivity contribution is -0.131. The summed E-state index contributed by atoms with van der Waals surface area (Å²) in [6.07, 6.45) is 5.85. The Hall–Kier alpha value is -1.58. The van der Waals surface area contributed by atoms with Crippen molar-refractivity contribution in [2.45, 2.75) is 6.92 Å². The fourth-order valence-corrected chi connectivity index (χ4v) is 0.918. The Bertz CT molecular complexity index is 370. The molecule has 0 unspecified atom stereocenters. The number of carboxylic acid groups (broad SMARTS) is 1. The second-order valence-corrected chi connectivity index (χ2v) is 2.90. The van der Waals surface area contributed by atoms with E-state index < -0.39 is 5.97 Å². The number of carbonyl (C=O) groups is 1. The highest BCUT2D eigenvalue weighted by Crippen LogP contribution is 2.08. The number of hydrogen-bond acceptors (Lipinski definition) is 2. The molecule has 0 fully saturated rings. The summed E-state index contributed by atoms with van der Waals surface area (Å²) in [4.78, 5) is 10.9. The maximum absolute atomic E-state index is 10.1. The molecule has 2 nitrogen and oxygen atoms in total. The summed E-state index contributed by atoms with van der Waals surface area (Å²) in [5.74, 6) is 9.89. The first-order valence-corrected chi connectivity index (χ1v) is 5.00. The average molecular weight is 206 g/mol. The Morgan fingerprint density at radius 3 is 2.64 bits per heavy atom. The topological polar surface area (TPSA) is 37.3 Å². The van der Waals surface area contributed by atoms with Crippen molar-refractivity contribution in [3.05, 3.63) is 23.1 Å². The first kappa shape index (κ1) is 12.4. The SMILES string of the molecule is CC#CC(=CC#CC=CC(=O)O)SC. The van der Waals surface area contributed by atoms with Gasteiger partial charge in [0.1, 0.15) is 0 Å². The molecule has 0 radical (unpaired) electrons. The Morgan fingerprint density at radius 1 is 1.43 bits per heavy atom. The Kier molecular flexibility index (Phi) is 7.13. The molecule has 0 heterocycles. The van der Waals surface area contributed by atoms with E-state index in [1.54, 1.807) is 13.0 Å². The minimum atomic E-state index is -0.998. The molecule has 0 saturated heterocycles. The molecule has 3 heteroatoms. The van der Waals surface area contributed by atoms with Gasteiger partial charge in [-0.25, -0.2) is 4.79 Å². The molecular weight excluding hydrogens is 196 g/mol. The summed E-state index contributed by atoms with van der Waals surface area (Å²) < 4.78 is 0. The number of allylic oxidation sites excluding steroid dienone is 3. The summed E-state index contributed by atoms with van der Waals surface area (Å²) in [5, 5.41) is 8.26. The van der Waals surface area contributed by atoms with Crippen LogP contribution in [0.25, 0.3) is 0 Å². The normalized spacial score (nSPS) is 10.0. The van der Waals surface area contributed by atoms with E-state index in [9.17, 15) is 4.79 Å². The van der Waals surface area contributed by atoms with Gasteiger partial charge in [0.15, 0.2) is 0 Å². The minimum Gasteiger partial charge on any atom is -0.478 e. The molecule has 0 amide bonds. The van der Waals surface area contributed by atoms with Crippen LogP contribution in [0.4, 0.5) is 0 Å². The van der Waals surface area contributed by atoms with Crippen molar-refractivity contribution >= 4 is 17.7 Å². The summed E-state index contributed by atoms with van der Waals surface area (Å²) in [5.41, 5.74) is 0. The summed E-state index contributed by atoms with van der Waals surface area (Å²) in [6.45, 7) is 1.75. The number of rotatable bonds is 2. The Balaban J connectivity index is 4.35. The van der Waals surface area contributed by atoms with Crippen LogP contribution in [0.15, 0.2) is 23.1 Å². The van der Waals surface area contributed by atoms with Gasteiger partial charge >= 0.3 is 5.97 Å². The molecule has 0 atom stereocenters. The van der Waals surface area contributed by atoms with E-state index in [-0.39, 0.29) is 0 Å². The molecule has 0 aromatic heterocycles. The van der Waals surface area contributed by atoms with Gasteiger partial charge in [0.05, 0.1) is 4.91 Å². The van der Waals surface area contributed by atoms with Gasteiger partial charge in [-0.2, -0.15) is 0 Å². The largest absolute Gasteiger partial charge is 0.478 e. The van der Waals surface area contributed by atoms with E-state index in [4.69, 9.17) is 5.11 Å². The fourth-order valence-electron chi connectivity index (χ4n) is 0.538. The first-order chi connectivity index (χ1) is 6.70. The predicted octanol–water partition coefficient (Wildman–Crippen LogP) is 1.90. The van der Waals surface area contributed by atoms with Crippen LogP contribution in [0.3, 0.4) is 0 Å². The molecule has 0 aliphatic heterocycles. The Morgan fingerprint density at radius 2 is 2.14 bits per heavy atom. The van der Waals surface area contributed by atoms with E-state index in [1.807, 2.05) is 6.26 Å². The molecule has 14 heavy (non-hydrogen) atoms. The monoisotopic (exact) mass is 206 g/mol. The number of carboxylic acids is 1. The van der Waals surface area contributed by atoms with Crippen molar-refractivity contribution in [1.82, 2.24) is 0 Å². The van der Waals surface area contributed by atoms with Crippen LogP contribution in [0, 0.1) is 23.7 Å². The third kappa shape index (κ3) is 7.09. The van der Waals surface area contributed by atoms with Crippen LogP contribution in [-0.4, -0.2) is 17.3 Å². The quantitative estimate of drug-likeness (QED) is 0.554. The van der Waals surface area contributed by atoms with Crippen molar-refractivity contribution in [2.75, 3.05) is 6.26 Å². The van der Waals surface area contributed by atoms with Crippen LogP contribution in [0.1, 0.15) is 6.92 Å². The van der Waals surface area contributed by atoms with E-state index >= 15 is 0 Å². The van der Waals surface area contributed by atoms with Crippen molar-refractivity contribution in [1.29, 1.82) is 0 Å². The van der Waals surface area contributed by atoms with Gasteiger partial charge in [-0.3, -0.25) is 0 Å². The molecule has 0 aromatic rings. The third-order valence-electron chi connectivity index (χ3n) is 1.06. The summed E-state index contributed by atoms with van der Waals surface area (Å²) in [6, 6.07) is 0. The van der Waals surface area contributed by atoms with E-state index in [2.05, 4.69) is 23.7 Å². The van der Waals surface area contributed by atoms with Gasteiger partial charge < -0.3 is 5.11 Å². The van der Waals surface area contributed by atoms with Crippen LogP contribution < -0.4 is 0 Å². The van der Waals surface area contributed by atoms with Crippen LogP contribution in [-0.2, 0) is 4.79 Å². The molecule has 0 bridgehead atoms. The van der Waals surface area contributed by atoms with Gasteiger partial charge in [0.2, 0.25) is 0 Å². The lowest BCUT2D eigenvalue weighted by Crippen LogP contribution is -1.84. The third-order valence-corrected chi connectivity index (χ3v) is 1.72. The highest BCUT2D eigenvalue weighted by atomic mass is 32.2. The molecule has 0 aliphatic rings. The lowest BCUT2D eigenvalue weighted by Gasteiger charge is -1.85. The number of thioether (sulfide) groups is 1. The summed E-state index contributed by atoms with van der Waals surface area (Å²) >= 11 is 1.50. The van der Waals surface area contributed by atoms with Gasteiger partial charge in [0, 0.05) is 12.2 Å². The predicted molar refractivity (Wildman–Crippen MR) is 59.6 cm³/mol. The zero-order valence-electron chi connectivity index (χ0n) is 8.00. The minimum absolute atomic E-state index is 0.865. The van der Waals surface area contributed by atoms with Crippen LogP contribution in [0.5, 0.6) is 0 Å². The first-order valence-electron chi connectivity index (χ1n) is 3.78. The Labute approximate surface area is 88.1 Å². The van der Waals surface area contributed by atoms with Crippen LogP contribution in [0.2, 0.25) is 0 Å². The van der Waals surface area contributed by atoms with E-state index in [0.717, 1.165) is 11.0 Å². The van der Waals surface area contributed by atoms with Gasteiger partial charge in [-0.15, -0.1) is 17.7 Å². The fraction of sp³-hybridized carbons (Fsp3) is 0.182. The smallest absolute Gasteiger partial charge is 0.328 e.